The lowest BCUT2D eigenvalue weighted by atomic mass is 10.1. The Morgan fingerprint density at radius 1 is 1.29 bits per heavy atom. The minimum Gasteiger partial charge on any atom is -0.476 e. The van der Waals surface area contributed by atoms with E-state index in [-0.39, 0.29) is 4.96 Å². The molecule has 0 aliphatic heterocycles. The van der Waals surface area contributed by atoms with Crippen LogP contribution in [0.25, 0.3) is 16.2 Å². The number of aromatic carboxylic acids is 1. The van der Waals surface area contributed by atoms with Crippen LogP contribution < -0.4 is 0 Å². The van der Waals surface area contributed by atoms with Gasteiger partial charge in [0, 0.05) is 4.88 Å². The highest BCUT2D eigenvalue weighted by atomic mass is 32.1. The van der Waals surface area contributed by atoms with E-state index < -0.39 is 23.5 Å². The number of fused-ring (bicyclic) bond motifs is 1. The number of carbonyl (C=O) groups is 1. The molecule has 8 heteroatoms. The van der Waals surface area contributed by atoms with E-state index in [0.717, 1.165) is 27.7 Å². The van der Waals surface area contributed by atoms with Gasteiger partial charge < -0.3 is 5.11 Å². The topological polar surface area (TPSA) is 54.6 Å². The summed E-state index contributed by atoms with van der Waals surface area (Å²) in [4.78, 5) is 15.7. The van der Waals surface area contributed by atoms with Crippen molar-refractivity contribution in [2.24, 2.45) is 0 Å². The van der Waals surface area contributed by atoms with E-state index in [1.54, 1.807) is 19.1 Å². The Morgan fingerprint density at radius 2 is 1.92 bits per heavy atom. The molecule has 0 aliphatic carbocycles. The zero-order valence-electron chi connectivity index (χ0n) is 12.8. The molecule has 0 amide bonds. The van der Waals surface area contributed by atoms with Gasteiger partial charge in [-0.25, -0.2) is 9.78 Å². The van der Waals surface area contributed by atoms with Crippen molar-refractivity contribution in [3.63, 3.8) is 0 Å². The van der Waals surface area contributed by atoms with Crippen molar-refractivity contribution in [1.29, 1.82) is 0 Å². The minimum atomic E-state index is -4.82. The first-order valence-electron chi connectivity index (χ1n) is 7.15. The highest BCUT2D eigenvalue weighted by Crippen LogP contribution is 2.38. The smallest absolute Gasteiger partial charge is 0.435 e. The number of halogens is 3. The molecule has 0 atom stereocenters. The monoisotopic (exact) mass is 354 g/mol. The van der Waals surface area contributed by atoms with E-state index in [0.29, 0.717) is 16.1 Å². The standard InChI is InChI=1S/C16H13F3N2O2S/c1-3-9-4-6-10(7-5-9)11-8(2)24-15-20-13(16(17,18)19)12(14(22)23)21(11)15/h4-7H,3H2,1-2H3,(H,22,23). The maximum absolute atomic E-state index is 13.1. The lowest BCUT2D eigenvalue weighted by Gasteiger charge is -2.07. The van der Waals surface area contributed by atoms with Crippen molar-refractivity contribution in [2.45, 2.75) is 26.4 Å². The van der Waals surface area contributed by atoms with Crippen LogP contribution in [0.1, 0.15) is 33.5 Å². The molecule has 0 saturated heterocycles. The molecule has 2 aromatic heterocycles. The zero-order chi connectivity index (χ0) is 17.6. The summed E-state index contributed by atoms with van der Waals surface area (Å²) in [6.45, 7) is 3.73. The predicted molar refractivity (Wildman–Crippen MR) is 84.6 cm³/mol. The molecule has 0 aliphatic rings. The Kier molecular flexibility index (Phi) is 3.87. The van der Waals surface area contributed by atoms with Crippen LogP contribution in [0.2, 0.25) is 0 Å². The number of rotatable bonds is 3. The average Bonchev–Trinajstić information content (AvgIpc) is 3.01. The normalized spacial score (nSPS) is 12.0. The summed E-state index contributed by atoms with van der Waals surface area (Å²) in [6, 6.07) is 7.32. The Labute approximate surface area is 139 Å². The molecule has 126 valence electrons. The van der Waals surface area contributed by atoms with Crippen molar-refractivity contribution >= 4 is 22.3 Å². The number of aromatic nitrogens is 2. The molecule has 2 heterocycles. The second-order valence-electron chi connectivity index (χ2n) is 5.29. The molecule has 0 saturated carbocycles. The number of benzene rings is 1. The molecule has 3 aromatic rings. The number of hydrogen-bond acceptors (Lipinski definition) is 3. The van der Waals surface area contributed by atoms with Crippen LogP contribution in [0.4, 0.5) is 13.2 Å². The van der Waals surface area contributed by atoms with E-state index in [1.807, 2.05) is 19.1 Å². The summed E-state index contributed by atoms with van der Waals surface area (Å²) in [5, 5.41) is 9.32. The van der Waals surface area contributed by atoms with E-state index >= 15 is 0 Å². The van der Waals surface area contributed by atoms with Crippen LogP contribution >= 0.6 is 11.3 Å². The molecule has 0 bridgehead atoms. The fourth-order valence-corrected chi connectivity index (χ4v) is 3.63. The first kappa shape index (κ1) is 16.5. The van der Waals surface area contributed by atoms with E-state index in [1.165, 1.54) is 0 Å². The van der Waals surface area contributed by atoms with Gasteiger partial charge >= 0.3 is 12.1 Å². The Morgan fingerprint density at radius 3 is 2.42 bits per heavy atom. The van der Waals surface area contributed by atoms with Gasteiger partial charge in [0.15, 0.2) is 16.3 Å². The lowest BCUT2D eigenvalue weighted by Crippen LogP contribution is -2.14. The Bertz CT molecular complexity index is 924. The van der Waals surface area contributed by atoms with Gasteiger partial charge in [0.1, 0.15) is 0 Å². The summed E-state index contributed by atoms with van der Waals surface area (Å²) in [7, 11) is 0. The molecular formula is C16H13F3N2O2S. The molecule has 4 nitrogen and oxygen atoms in total. The van der Waals surface area contributed by atoms with Crippen LogP contribution in [0.15, 0.2) is 24.3 Å². The van der Waals surface area contributed by atoms with Gasteiger partial charge in [0.2, 0.25) is 0 Å². The molecule has 0 radical (unpaired) electrons. The highest BCUT2D eigenvalue weighted by Gasteiger charge is 2.41. The summed E-state index contributed by atoms with van der Waals surface area (Å²) in [6.07, 6.45) is -3.99. The SMILES string of the molecule is CCc1ccc(-c2c(C)sc3nc(C(F)(F)F)c(C(=O)O)n23)cc1. The molecule has 1 aromatic carbocycles. The van der Waals surface area contributed by atoms with Gasteiger partial charge in [-0.1, -0.05) is 31.2 Å². The third-order valence-electron chi connectivity index (χ3n) is 3.75. The van der Waals surface area contributed by atoms with Gasteiger partial charge in [-0.2, -0.15) is 13.2 Å². The quantitative estimate of drug-likeness (QED) is 0.745. The van der Waals surface area contributed by atoms with Crippen LogP contribution in [0.3, 0.4) is 0 Å². The molecule has 3 rings (SSSR count). The number of carboxylic acids is 1. The number of carboxylic acid groups (broad SMARTS) is 1. The van der Waals surface area contributed by atoms with Crippen molar-refractivity contribution in [3.8, 4) is 11.3 Å². The third-order valence-corrected chi connectivity index (χ3v) is 4.71. The summed E-state index contributed by atoms with van der Waals surface area (Å²) in [5.41, 5.74) is -0.0466. The van der Waals surface area contributed by atoms with Crippen LogP contribution in [-0.2, 0) is 12.6 Å². The molecular weight excluding hydrogens is 341 g/mol. The first-order chi connectivity index (χ1) is 11.2. The second kappa shape index (κ2) is 5.62. The van der Waals surface area contributed by atoms with Crippen molar-refractivity contribution < 1.29 is 23.1 Å². The van der Waals surface area contributed by atoms with E-state index in [4.69, 9.17) is 0 Å². The Hall–Kier alpha value is -2.35. The van der Waals surface area contributed by atoms with Gasteiger partial charge in [-0.15, -0.1) is 11.3 Å². The third kappa shape index (κ3) is 2.56. The summed E-state index contributed by atoms with van der Waals surface area (Å²) >= 11 is 1.04. The molecule has 1 N–H and O–H groups in total. The fraction of sp³-hybridized carbons (Fsp3) is 0.250. The highest BCUT2D eigenvalue weighted by molar-refractivity contribution is 7.17. The molecule has 0 unspecified atom stereocenters. The van der Waals surface area contributed by atoms with Gasteiger partial charge in [-0.05, 0) is 24.5 Å². The number of nitrogens with zero attached hydrogens (tertiary/aromatic N) is 2. The van der Waals surface area contributed by atoms with E-state index in [9.17, 15) is 23.1 Å². The molecule has 0 fully saturated rings. The molecule has 0 spiro atoms. The maximum atomic E-state index is 13.1. The first-order valence-corrected chi connectivity index (χ1v) is 7.97. The molecule has 24 heavy (non-hydrogen) atoms. The zero-order valence-corrected chi connectivity index (χ0v) is 13.6. The number of aryl methyl sites for hydroxylation is 2. The predicted octanol–water partition coefficient (Wildman–Crippen LogP) is 4.65. The second-order valence-corrected chi connectivity index (χ2v) is 6.47. The average molecular weight is 354 g/mol. The lowest BCUT2D eigenvalue weighted by molar-refractivity contribution is -0.141. The largest absolute Gasteiger partial charge is 0.476 e. The van der Waals surface area contributed by atoms with Crippen molar-refractivity contribution in [2.75, 3.05) is 0 Å². The Balaban J connectivity index is 2.33. The fourth-order valence-electron chi connectivity index (χ4n) is 2.64. The van der Waals surface area contributed by atoms with Crippen molar-refractivity contribution in [3.05, 3.63) is 46.1 Å². The van der Waals surface area contributed by atoms with Crippen LogP contribution in [0.5, 0.6) is 0 Å². The van der Waals surface area contributed by atoms with Gasteiger partial charge in [0.25, 0.3) is 0 Å². The number of alkyl halides is 3. The summed E-state index contributed by atoms with van der Waals surface area (Å²) in [5.74, 6) is -1.65. The number of imidazole rings is 1. The van der Waals surface area contributed by atoms with Gasteiger partial charge in [0.05, 0.1) is 5.69 Å². The minimum absolute atomic E-state index is 0.0202. The van der Waals surface area contributed by atoms with Gasteiger partial charge in [-0.3, -0.25) is 4.40 Å². The maximum Gasteiger partial charge on any atom is 0.435 e. The number of hydrogen-bond donors (Lipinski definition) is 1. The van der Waals surface area contributed by atoms with Crippen LogP contribution in [-0.4, -0.2) is 20.5 Å². The summed E-state index contributed by atoms with van der Waals surface area (Å²) < 4.78 is 40.5. The van der Waals surface area contributed by atoms with Crippen molar-refractivity contribution in [1.82, 2.24) is 9.38 Å². The van der Waals surface area contributed by atoms with E-state index in [2.05, 4.69) is 4.98 Å². The van der Waals surface area contributed by atoms with Crippen LogP contribution in [0, 0.1) is 6.92 Å². The number of thiazole rings is 1.